The highest BCUT2D eigenvalue weighted by Crippen LogP contribution is 2.16. The largest absolute Gasteiger partial charge is 0.483 e. The average Bonchev–Trinajstić information content (AvgIpc) is 2.84. The Labute approximate surface area is 198 Å². The molecule has 3 aromatic rings. The Kier molecular flexibility index (Phi) is 8.51. The van der Waals surface area contributed by atoms with Crippen molar-refractivity contribution in [3.8, 4) is 5.75 Å². The van der Waals surface area contributed by atoms with Crippen LogP contribution in [0.5, 0.6) is 5.75 Å². The number of para-hydroxylation sites is 1. The first kappa shape index (κ1) is 24.2. The number of carbonyl (C=O) groups is 3. The van der Waals surface area contributed by atoms with Gasteiger partial charge in [-0.1, -0.05) is 43.3 Å². The van der Waals surface area contributed by atoms with Crippen molar-refractivity contribution >= 4 is 35.3 Å². The van der Waals surface area contributed by atoms with E-state index in [2.05, 4.69) is 21.2 Å². The number of rotatable bonds is 8. The summed E-state index contributed by atoms with van der Waals surface area (Å²) in [5, 5.41) is 9.12. The van der Waals surface area contributed by atoms with Crippen LogP contribution in [-0.2, 0) is 20.8 Å². The zero-order chi connectivity index (χ0) is 24.3. The van der Waals surface area contributed by atoms with E-state index in [1.807, 2.05) is 44.2 Å². The highest BCUT2D eigenvalue weighted by Gasteiger charge is 2.13. The lowest BCUT2D eigenvalue weighted by Gasteiger charge is -2.10. The van der Waals surface area contributed by atoms with E-state index < -0.39 is 11.8 Å². The van der Waals surface area contributed by atoms with E-state index in [1.165, 1.54) is 6.21 Å². The lowest BCUT2D eigenvalue weighted by molar-refractivity contribution is -0.136. The van der Waals surface area contributed by atoms with Crippen molar-refractivity contribution in [2.45, 2.75) is 20.3 Å². The Hall–Kier alpha value is -4.46. The van der Waals surface area contributed by atoms with Crippen LogP contribution in [0.15, 0.2) is 77.9 Å². The number of aryl methyl sites for hydroxylation is 2. The molecule has 0 unspecified atom stereocenters. The molecule has 3 N–H and O–H groups in total. The molecular weight excluding hydrogens is 432 g/mol. The minimum atomic E-state index is -0.910. The molecule has 3 amide bonds. The average molecular weight is 459 g/mol. The summed E-state index contributed by atoms with van der Waals surface area (Å²) in [7, 11) is 0. The van der Waals surface area contributed by atoms with Gasteiger partial charge in [-0.2, -0.15) is 5.10 Å². The number of nitrogens with one attached hydrogen (secondary N) is 3. The van der Waals surface area contributed by atoms with Crippen LogP contribution >= 0.6 is 0 Å². The third-order valence-electron chi connectivity index (χ3n) is 4.78. The van der Waals surface area contributed by atoms with Crippen molar-refractivity contribution in [3.05, 3.63) is 89.5 Å². The van der Waals surface area contributed by atoms with Gasteiger partial charge in [0, 0.05) is 16.9 Å². The Morgan fingerprint density at radius 1 is 0.882 bits per heavy atom. The van der Waals surface area contributed by atoms with Crippen molar-refractivity contribution in [3.63, 3.8) is 0 Å². The minimum absolute atomic E-state index is 0.204. The molecule has 8 nitrogen and oxygen atoms in total. The summed E-state index contributed by atoms with van der Waals surface area (Å²) >= 11 is 0. The van der Waals surface area contributed by atoms with Gasteiger partial charge in [0.15, 0.2) is 6.61 Å². The Bertz CT molecular complexity index is 1190. The molecule has 3 aromatic carbocycles. The molecule has 0 aliphatic carbocycles. The topological polar surface area (TPSA) is 109 Å². The van der Waals surface area contributed by atoms with Crippen LogP contribution in [0.3, 0.4) is 0 Å². The summed E-state index contributed by atoms with van der Waals surface area (Å²) in [5.41, 5.74) is 6.08. The van der Waals surface area contributed by atoms with E-state index in [0.29, 0.717) is 22.7 Å². The van der Waals surface area contributed by atoms with Gasteiger partial charge >= 0.3 is 11.8 Å². The van der Waals surface area contributed by atoms with Gasteiger partial charge in [-0.15, -0.1) is 0 Å². The number of nitrogens with zero attached hydrogens (tertiary/aromatic N) is 1. The molecular formula is C26H26N4O4. The van der Waals surface area contributed by atoms with E-state index in [0.717, 1.165) is 17.5 Å². The summed E-state index contributed by atoms with van der Waals surface area (Å²) in [6.07, 6.45) is 2.22. The Balaban J connectivity index is 1.52. The fourth-order valence-electron chi connectivity index (χ4n) is 3.00. The van der Waals surface area contributed by atoms with Gasteiger partial charge < -0.3 is 15.4 Å². The maximum Gasteiger partial charge on any atom is 0.329 e. The van der Waals surface area contributed by atoms with Crippen molar-refractivity contribution in [1.82, 2.24) is 5.43 Å². The first-order chi connectivity index (χ1) is 16.4. The number of hydrogen-bond donors (Lipinski definition) is 3. The number of anilines is 2. The summed E-state index contributed by atoms with van der Waals surface area (Å²) in [4.78, 5) is 36.3. The lowest BCUT2D eigenvalue weighted by atomic mass is 10.1. The molecule has 0 spiro atoms. The molecule has 0 aromatic heterocycles. The Morgan fingerprint density at radius 3 is 2.38 bits per heavy atom. The second-order valence-corrected chi connectivity index (χ2v) is 7.45. The van der Waals surface area contributed by atoms with Gasteiger partial charge in [0.1, 0.15) is 5.75 Å². The quantitative estimate of drug-likeness (QED) is 0.272. The molecule has 0 heterocycles. The number of carbonyl (C=O) groups excluding carboxylic acids is 3. The second kappa shape index (κ2) is 12.0. The SMILES string of the molecule is CCc1ccc(NC(=O)C(=O)N/N=C\c2ccccc2OCC(=O)Nc2cccc(C)c2)cc1. The van der Waals surface area contributed by atoms with Gasteiger partial charge in [-0.3, -0.25) is 14.4 Å². The van der Waals surface area contributed by atoms with Crippen LogP contribution in [-0.4, -0.2) is 30.5 Å². The first-order valence-corrected chi connectivity index (χ1v) is 10.8. The van der Waals surface area contributed by atoms with Gasteiger partial charge in [-0.25, -0.2) is 5.43 Å². The van der Waals surface area contributed by atoms with Crippen molar-refractivity contribution < 1.29 is 19.1 Å². The maximum atomic E-state index is 12.2. The molecule has 8 heteroatoms. The highest BCUT2D eigenvalue weighted by atomic mass is 16.5. The predicted octanol–water partition coefficient (Wildman–Crippen LogP) is 3.66. The molecule has 0 saturated carbocycles. The van der Waals surface area contributed by atoms with Crippen LogP contribution in [0.25, 0.3) is 0 Å². The van der Waals surface area contributed by atoms with Crippen molar-refractivity contribution in [2.24, 2.45) is 5.10 Å². The zero-order valence-corrected chi connectivity index (χ0v) is 19.0. The molecule has 0 bridgehead atoms. The van der Waals surface area contributed by atoms with Crippen LogP contribution in [0.1, 0.15) is 23.6 Å². The molecule has 174 valence electrons. The molecule has 0 saturated heterocycles. The lowest BCUT2D eigenvalue weighted by Crippen LogP contribution is -2.32. The van der Waals surface area contributed by atoms with Crippen molar-refractivity contribution in [2.75, 3.05) is 17.2 Å². The second-order valence-electron chi connectivity index (χ2n) is 7.45. The molecule has 0 atom stereocenters. The standard InChI is InChI=1S/C26H26N4O4/c1-3-19-11-13-21(14-12-19)29-25(32)26(33)30-27-16-20-8-4-5-10-23(20)34-17-24(31)28-22-9-6-7-18(2)15-22/h4-16H,3,17H2,1-2H3,(H,28,31)(H,29,32)(H,30,33)/b27-16-. The summed E-state index contributed by atoms with van der Waals surface area (Å²) in [5.74, 6) is -1.65. The van der Waals surface area contributed by atoms with E-state index in [1.54, 1.807) is 42.5 Å². The molecule has 0 aliphatic heterocycles. The smallest absolute Gasteiger partial charge is 0.329 e. The zero-order valence-electron chi connectivity index (χ0n) is 19.0. The third kappa shape index (κ3) is 7.30. The van der Waals surface area contributed by atoms with Gasteiger partial charge in [0.2, 0.25) is 0 Å². The first-order valence-electron chi connectivity index (χ1n) is 10.8. The van der Waals surface area contributed by atoms with E-state index in [4.69, 9.17) is 4.74 Å². The minimum Gasteiger partial charge on any atom is -0.483 e. The highest BCUT2D eigenvalue weighted by molar-refractivity contribution is 6.39. The molecule has 3 rings (SSSR count). The number of benzene rings is 3. The van der Waals surface area contributed by atoms with Crippen LogP contribution in [0, 0.1) is 6.92 Å². The summed E-state index contributed by atoms with van der Waals surface area (Å²) in [6, 6.07) is 21.6. The molecule has 0 aliphatic rings. The van der Waals surface area contributed by atoms with Crippen molar-refractivity contribution in [1.29, 1.82) is 0 Å². The van der Waals surface area contributed by atoms with Gasteiger partial charge in [0.05, 0.1) is 6.21 Å². The monoisotopic (exact) mass is 458 g/mol. The molecule has 0 fully saturated rings. The number of amides is 3. The van der Waals surface area contributed by atoms with E-state index in [-0.39, 0.29) is 12.5 Å². The number of hydrazone groups is 1. The van der Waals surface area contributed by atoms with E-state index >= 15 is 0 Å². The van der Waals surface area contributed by atoms with Gasteiger partial charge in [-0.05, 0) is 60.9 Å². The van der Waals surface area contributed by atoms with Crippen LogP contribution in [0.2, 0.25) is 0 Å². The predicted molar refractivity (Wildman–Crippen MR) is 132 cm³/mol. The Morgan fingerprint density at radius 2 is 1.65 bits per heavy atom. The van der Waals surface area contributed by atoms with Gasteiger partial charge in [0.25, 0.3) is 5.91 Å². The molecule has 0 radical (unpaired) electrons. The summed E-state index contributed by atoms with van der Waals surface area (Å²) < 4.78 is 5.61. The maximum absolute atomic E-state index is 12.2. The van der Waals surface area contributed by atoms with Crippen LogP contribution < -0.4 is 20.8 Å². The fourth-order valence-corrected chi connectivity index (χ4v) is 3.00. The fraction of sp³-hybridized carbons (Fsp3) is 0.154. The van der Waals surface area contributed by atoms with Crippen LogP contribution in [0.4, 0.5) is 11.4 Å². The number of ether oxygens (including phenoxy) is 1. The van der Waals surface area contributed by atoms with E-state index in [9.17, 15) is 14.4 Å². The third-order valence-corrected chi connectivity index (χ3v) is 4.78. The molecule has 34 heavy (non-hydrogen) atoms. The number of hydrogen-bond acceptors (Lipinski definition) is 5. The normalized spacial score (nSPS) is 10.5. The summed E-state index contributed by atoms with van der Waals surface area (Å²) in [6.45, 7) is 3.76.